The van der Waals surface area contributed by atoms with Gasteiger partial charge in [0.1, 0.15) is 6.10 Å². The van der Waals surface area contributed by atoms with E-state index in [0.717, 1.165) is 23.1 Å². The summed E-state index contributed by atoms with van der Waals surface area (Å²) in [6.45, 7) is 1.65. The Morgan fingerprint density at radius 1 is 0.600 bits per heavy atom. The molecule has 1 N–H and O–H groups in total. The summed E-state index contributed by atoms with van der Waals surface area (Å²) in [5, 5.41) is 10.3. The highest BCUT2D eigenvalue weighted by molar-refractivity contribution is 5.18. The lowest BCUT2D eigenvalue weighted by Crippen LogP contribution is -2.39. The number of rotatable bonds is 10. The molecule has 1 fully saturated rings. The highest BCUT2D eigenvalue weighted by Crippen LogP contribution is 2.47. The molecule has 35 heavy (non-hydrogen) atoms. The zero-order valence-electron chi connectivity index (χ0n) is 20.0. The molecule has 2 aliphatic carbocycles. The molecule has 4 nitrogen and oxygen atoms in total. The van der Waals surface area contributed by atoms with Crippen molar-refractivity contribution in [3.8, 4) is 0 Å². The molecule has 0 unspecified atom stereocenters. The molecule has 4 heteroatoms. The number of hydrogen-bond donors (Lipinski definition) is 1. The molecule has 5 rings (SSSR count). The van der Waals surface area contributed by atoms with E-state index in [0.29, 0.717) is 19.8 Å². The van der Waals surface area contributed by atoms with Gasteiger partial charge in [0.15, 0.2) is 0 Å². The molecule has 182 valence electrons. The number of hydrogen-bond acceptors (Lipinski definition) is 4. The summed E-state index contributed by atoms with van der Waals surface area (Å²) < 4.78 is 19.8. The number of aliphatic hydroxyl groups excluding tert-OH is 1. The highest BCUT2D eigenvalue weighted by atomic mass is 16.6. The summed E-state index contributed by atoms with van der Waals surface area (Å²) in [6, 6.07) is 30.8. The summed E-state index contributed by atoms with van der Waals surface area (Å²) in [6.07, 6.45) is 4.72. The van der Waals surface area contributed by atoms with Crippen molar-refractivity contribution in [1.29, 1.82) is 0 Å². The summed E-state index contributed by atoms with van der Waals surface area (Å²) in [5.74, 6) is 0.389. The smallest absolute Gasteiger partial charge is 0.111 e. The third-order valence-corrected chi connectivity index (χ3v) is 7.28. The molecule has 0 amide bonds. The van der Waals surface area contributed by atoms with Crippen molar-refractivity contribution in [2.75, 3.05) is 6.61 Å². The second-order valence-electron chi connectivity index (χ2n) is 9.54. The Morgan fingerprint density at radius 3 is 1.54 bits per heavy atom. The molecule has 6 atom stereocenters. The number of aliphatic hydroxyl groups is 1. The third-order valence-electron chi connectivity index (χ3n) is 7.28. The van der Waals surface area contributed by atoms with Crippen LogP contribution in [0.4, 0.5) is 0 Å². The predicted molar refractivity (Wildman–Crippen MR) is 136 cm³/mol. The highest BCUT2D eigenvalue weighted by Gasteiger charge is 2.55. The van der Waals surface area contributed by atoms with E-state index in [1.807, 2.05) is 54.6 Å². The summed E-state index contributed by atoms with van der Waals surface area (Å²) >= 11 is 0. The number of allylic oxidation sites excluding steroid dienone is 1. The molecule has 0 aliphatic heterocycles. The van der Waals surface area contributed by atoms with Crippen molar-refractivity contribution in [3.63, 3.8) is 0 Å². The first-order chi connectivity index (χ1) is 17.3. The molecule has 0 spiro atoms. The SMILES string of the molecule is OC[C@H]1CC=C[C@H]2[C@@H](OCc3ccccc3)[C@H](OCc3ccccc3)[C@@H](OCc3ccccc3)[C@H]12. The topological polar surface area (TPSA) is 47.9 Å². The largest absolute Gasteiger partial charge is 0.396 e. The Morgan fingerprint density at radius 2 is 1.06 bits per heavy atom. The van der Waals surface area contributed by atoms with Gasteiger partial charge in [0.05, 0.1) is 32.0 Å². The monoisotopic (exact) mass is 470 g/mol. The fraction of sp³-hybridized carbons (Fsp3) is 0.355. The van der Waals surface area contributed by atoms with Gasteiger partial charge in [0, 0.05) is 18.4 Å². The van der Waals surface area contributed by atoms with Gasteiger partial charge in [-0.15, -0.1) is 0 Å². The molecule has 0 heterocycles. The lowest BCUT2D eigenvalue weighted by molar-refractivity contribution is -0.131. The van der Waals surface area contributed by atoms with Crippen molar-refractivity contribution in [1.82, 2.24) is 0 Å². The summed E-state index contributed by atoms with van der Waals surface area (Å²) in [5.41, 5.74) is 3.39. The minimum absolute atomic E-state index is 0.124. The summed E-state index contributed by atoms with van der Waals surface area (Å²) in [4.78, 5) is 0. The van der Waals surface area contributed by atoms with Gasteiger partial charge in [-0.2, -0.15) is 0 Å². The normalized spacial score (nSPS) is 27.6. The zero-order chi connectivity index (χ0) is 23.9. The van der Waals surface area contributed by atoms with Crippen LogP contribution in [0.2, 0.25) is 0 Å². The second-order valence-corrected chi connectivity index (χ2v) is 9.54. The molecule has 3 aromatic rings. The maximum atomic E-state index is 10.3. The maximum absolute atomic E-state index is 10.3. The minimum Gasteiger partial charge on any atom is -0.396 e. The van der Waals surface area contributed by atoms with Crippen molar-refractivity contribution < 1.29 is 19.3 Å². The van der Waals surface area contributed by atoms with Crippen molar-refractivity contribution >= 4 is 0 Å². The summed E-state index contributed by atoms with van der Waals surface area (Å²) in [7, 11) is 0. The molecule has 0 saturated heterocycles. The molecule has 0 bridgehead atoms. The van der Waals surface area contributed by atoms with E-state index in [1.165, 1.54) is 0 Å². The van der Waals surface area contributed by atoms with E-state index < -0.39 is 0 Å². The van der Waals surface area contributed by atoms with E-state index in [9.17, 15) is 5.11 Å². The molecule has 2 aliphatic rings. The van der Waals surface area contributed by atoms with Gasteiger partial charge in [-0.05, 0) is 29.0 Å². The van der Waals surface area contributed by atoms with Crippen molar-refractivity contribution in [3.05, 3.63) is 120 Å². The van der Waals surface area contributed by atoms with Gasteiger partial charge in [-0.3, -0.25) is 0 Å². The average Bonchev–Trinajstić information content (AvgIpc) is 3.23. The van der Waals surface area contributed by atoms with Crippen LogP contribution in [0.15, 0.2) is 103 Å². The van der Waals surface area contributed by atoms with E-state index in [-0.39, 0.29) is 42.7 Å². The lowest BCUT2D eigenvalue weighted by atomic mass is 9.77. The van der Waals surface area contributed by atoms with Crippen LogP contribution in [0.1, 0.15) is 23.1 Å². The van der Waals surface area contributed by atoms with Crippen LogP contribution in [0, 0.1) is 17.8 Å². The molecule has 0 aromatic heterocycles. The lowest BCUT2D eigenvalue weighted by Gasteiger charge is -2.33. The fourth-order valence-electron chi connectivity index (χ4n) is 5.55. The Kier molecular flexibility index (Phi) is 8.07. The van der Waals surface area contributed by atoms with Crippen LogP contribution >= 0.6 is 0 Å². The van der Waals surface area contributed by atoms with Crippen LogP contribution in [0.25, 0.3) is 0 Å². The van der Waals surface area contributed by atoms with Gasteiger partial charge in [0.2, 0.25) is 0 Å². The Bertz CT molecular complexity index is 1050. The van der Waals surface area contributed by atoms with E-state index in [1.54, 1.807) is 0 Å². The van der Waals surface area contributed by atoms with E-state index in [4.69, 9.17) is 14.2 Å². The zero-order valence-corrected chi connectivity index (χ0v) is 20.0. The molecular formula is C31H34O4. The first-order valence-electron chi connectivity index (χ1n) is 12.6. The van der Waals surface area contributed by atoms with Crippen LogP contribution in [0.5, 0.6) is 0 Å². The van der Waals surface area contributed by atoms with Gasteiger partial charge in [-0.25, -0.2) is 0 Å². The van der Waals surface area contributed by atoms with Gasteiger partial charge < -0.3 is 19.3 Å². The minimum atomic E-state index is -0.241. The van der Waals surface area contributed by atoms with Gasteiger partial charge in [-0.1, -0.05) is 103 Å². The van der Waals surface area contributed by atoms with Crippen LogP contribution in [-0.4, -0.2) is 30.0 Å². The number of fused-ring (bicyclic) bond motifs is 1. The van der Waals surface area contributed by atoms with Gasteiger partial charge >= 0.3 is 0 Å². The quantitative estimate of drug-likeness (QED) is 0.394. The Hall–Kier alpha value is -2.76. The first kappa shape index (κ1) is 24.0. The van der Waals surface area contributed by atoms with E-state index >= 15 is 0 Å². The second kappa shape index (κ2) is 11.8. The fourth-order valence-corrected chi connectivity index (χ4v) is 5.55. The Labute approximate surface area is 208 Å². The standard InChI is InChI=1S/C31H34O4/c32-19-26-17-10-18-27-28(26)30(34-21-24-13-6-2-7-14-24)31(35-22-25-15-8-3-9-16-25)29(27)33-20-23-11-4-1-5-12-23/h1-16,18,26-32H,17,19-22H2/t26-,27-,28-,29-,30+,31+/m1/s1. The van der Waals surface area contributed by atoms with E-state index in [2.05, 4.69) is 48.6 Å². The number of benzene rings is 3. The molecule has 1 saturated carbocycles. The number of ether oxygens (including phenoxy) is 3. The van der Waals surface area contributed by atoms with Crippen LogP contribution < -0.4 is 0 Å². The van der Waals surface area contributed by atoms with Crippen molar-refractivity contribution in [2.24, 2.45) is 17.8 Å². The maximum Gasteiger partial charge on any atom is 0.111 e. The Balaban J connectivity index is 1.41. The predicted octanol–water partition coefficient (Wildman–Crippen LogP) is 5.56. The van der Waals surface area contributed by atoms with Crippen molar-refractivity contribution in [2.45, 2.75) is 44.6 Å². The van der Waals surface area contributed by atoms with Gasteiger partial charge in [0.25, 0.3) is 0 Å². The molecule has 0 radical (unpaired) electrons. The molecular weight excluding hydrogens is 436 g/mol. The van der Waals surface area contributed by atoms with Crippen LogP contribution in [0.3, 0.4) is 0 Å². The van der Waals surface area contributed by atoms with Crippen LogP contribution in [-0.2, 0) is 34.0 Å². The third kappa shape index (κ3) is 5.74. The molecule has 3 aromatic carbocycles. The average molecular weight is 471 g/mol. The first-order valence-corrected chi connectivity index (χ1v) is 12.6.